The molecule has 0 radical (unpaired) electrons. The van der Waals surface area contributed by atoms with E-state index in [0.717, 1.165) is 0 Å². The van der Waals surface area contributed by atoms with Crippen molar-refractivity contribution in [2.75, 3.05) is 13.6 Å². The van der Waals surface area contributed by atoms with Gasteiger partial charge in [0.05, 0.1) is 23.5 Å². The monoisotopic (exact) mass is 262 g/mol. The SMILES string of the molecule is CN(CC/C(N)=N/O)C(=O)c1cnn2ccncc12. The van der Waals surface area contributed by atoms with Crippen molar-refractivity contribution in [3.05, 3.63) is 30.4 Å². The molecule has 8 nitrogen and oxygen atoms in total. The van der Waals surface area contributed by atoms with Crippen LogP contribution in [0.5, 0.6) is 0 Å². The molecule has 0 fully saturated rings. The highest BCUT2D eigenvalue weighted by Gasteiger charge is 2.16. The first-order chi connectivity index (χ1) is 9.13. The third-order valence-corrected chi connectivity index (χ3v) is 2.73. The van der Waals surface area contributed by atoms with E-state index in [1.54, 1.807) is 30.2 Å². The van der Waals surface area contributed by atoms with E-state index in [2.05, 4.69) is 15.2 Å². The maximum absolute atomic E-state index is 12.2. The van der Waals surface area contributed by atoms with Crippen molar-refractivity contribution < 1.29 is 10.0 Å². The van der Waals surface area contributed by atoms with E-state index in [-0.39, 0.29) is 11.7 Å². The molecule has 0 unspecified atom stereocenters. The quantitative estimate of drug-likeness (QED) is 0.347. The van der Waals surface area contributed by atoms with E-state index in [1.807, 2.05) is 0 Å². The van der Waals surface area contributed by atoms with Crippen LogP contribution in [0.3, 0.4) is 0 Å². The molecule has 2 aromatic heterocycles. The number of hydrogen-bond donors (Lipinski definition) is 2. The van der Waals surface area contributed by atoms with E-state index in [4.69, 9.17) is 10.9 Å². The number of amides is 1. The van der Waals surface area contributed by atoms with Crippen LogP contribution in [0.25, 0.3) is 5.52 Å². The molecule has 2 rings (SSSR count). The number of amidine groups is 1. The average Bonchev–Trinajstić information content (AvgIpc) is 2.87. The Labute approximate surface area is 109 Å². The summed E-state index contributed by atoms with van der Waals surface area (Å²) >= 11 is 0. The summed E-state index contributed by atoms with van der Waals surface area (Å²) in [7, 11) is 1.65. The number of nitrogens with two attached hydrogens (primary N) is 1. The van der Waals surface area contributed by atoms with Gasteiger partial charge in [-0.2, -0.15) is 5.10 Å². The third-order valence-electron chi connectivity index (χ3n) is 2.73. The second-order valence-electron chi connectivity index (χ2n) is 4.03. The Bertz CT molecular complexity index is 620. The molecule has 0 spiro atoms. The number of oxime groups is 1. The second-order valence-corrected chi connectivity index (χ2v) is 4.03. The van der Waals surface area contributed by atoms with Gasteiger partial charge in [-0.15, -0.1) is 0 Å². The minimum atomic E-state index is -0.186. The van der Waals surface area contributed by atoms with Crippen molar-refractivity contribution in [2.24, 2.45) is 10.9 Å². The Hall–Kier alpha value is -2.64. The Morgan fingerprint density at radius 3 is 3.11 bits per heavy atom. The maximum Gasteiger partial charge on any atom is 0.257 e. The lowest BCUT2D eigenvalue weighted by molar-refractivity contribution is 0.0800. The zero-order valence-corrected chi connectivity index (χ0v) is 10.4. The van der Waals surface area contributed by atoms with Crippen LogP contribution in [0.1, 0.15) is 16.8 Å². The zero-order valence-electron chi connectivity index (χ0n) is 10.4. The molecule has 1 amide bonds. The minimum Gasteiger partial charge on any atom is -0.409 e. The first-order valence-electron chi connectivity index (χ1n) is 5.62. The summed E-state index contributed by atoms with van der Waals surface area (Å²) in [4.78, 5) is 17.7. The highest BCUT2D eigenvalue weighted by atomic mass is 16.4. The van der Waals surface area contributed by atoms with Crippen molar-refractivity contribution in [1.29, 1.82) is 0 Å². The lowest BCUT2D eigenvalue weighted by Gasteiger charge is -2.15. The van der Waals surface area contributed by atoms with E-state index in [1.165, 1.54) is 11.1 Å². The number of carbonyl (C=O) groups is 1. The molecular formula is C11H14N6O2. The van der Waals surface area contributed by atoms with E-state index < -0.39 is 0 Å². The smallest absolute Gasteiger partial charge is 0.257 e. The van der Waals surface area contributed by atoms with Crippen molar-refractivity contribution in [3.8, 4) is 0 Å². The van der Waals surface area contributed by atoms with Crippen LogP contribution in [-0.4, -0.2) is 50.0 Å². The number of hydrogen-bond acceptors (Lipinski definition) is 5. The molecule has 3 N–H and O–H groups in total. The van der Waals surface area contributed by atoms with Gasteiger partial charge in [0.2, 0.25) is 0 Å². The third kappa shape index (κ3) is 2.62. The molecule has 19 heavy (non-hydrogen) atoms. The highest BCUT2D eigenvalue weighted by molar-refractivity contribution is 6.00. The van der Waals surface area contributed by atoms with Gasteiger partial charge >= 0.3 is 0 Å². The van der Waals surface area contributed by atoms with Crippen LogP contribution >= 0.6 is 0 Å². The van der Waals surface area contributed by atoms with Crippen molar-refractivity contribution >= 4 is 17.3 Å². The molecule has 100 valence electrons. The molecule has 0 aliphatic rings. The normalized spacial score (nSPS) is 11.7. The molecule has 2 heterocycles. The van der Waals surface area contributed by atoms with Crippen LogP contribution in [0.2, 0.25) is 0 Å². The summed E-state index contributed by atoms with van der Waals surface area (Å²) in [5, 5.41) is 15.4. The molecule has 0 saturated heterocycles. The second kappa shape index (κ2) is 5.34. The van der Waals surface area contributed by atoms with Gasteiger partial charge in [-0.3, -0.25) is 9.78 Å². The van der Waals surface area contributed by atoms with E-state index in [0.29, 0.717) is 24.0 Å². The molecule has 0 saturated carbocycles. The molecule has 0 aliphatic heterocycles. The van der Waals surface area contributed by atoms with Gasteiger partial charge in [-0.25, -0.2) is 4.52 Å². The molecule has 0 aromatic carbocycles. The molecule has 0 aliphatic carbocycles. The lowest BCUT2D eigenvalue weighted by atomic mass is 10.2. The standard InChI is InChI=1S/C11H14N6O2/c1-16(4-2-10(12)15-19)11(18)8-6-14-17-5-3-13-7-9(8)17/h3,5-7,19H,2,4H2,1H3,(H2,12,15). The molecular weight excluding hydrogens is 248 g/mol. The van der Waals surface area contributed by atoms with E-state index >= 15 is 0 Å². The summed E-state index contributed by atoms with van der Waals surface area (Å²) in [5.74, 6) is -0.102. The highest BCUT2D eigenvalue weighted by Crippen LogP contribution is 2.11. The fraction of sp³-hybridized carbons (Fsp3) is 0.273. The van der Waals surface area contributed by atoms with Gasteiger partial charge in [0.1, 0.15) is 5.84 Å². The predicted molar refractivity (Wildman–Crippen MR) is 68.0 cm³/mol. The average molecular weight is 262 g/mol. The van der Waals surface area contributed by atoms with Crippen LogP contribution in [-0.2, 0) is 0 Å². The van der Waals surface area contributed by atoms with Gasteiger partial charge in [0.15, 0.2) is 0 Å². The van der Waals surface area contributed by atoms with Crippen LogP contribution in [0, 0.1) is 0 Å². The summed E-state index contributed by atoms with van der Waals surface area (Å²) in [6.45, 7) is 0.354. The van der Waals surface area contributed by atoms with Crippen LogP contribution < -0.4 is 5.73 Å². The summed E-state index contributed by atoms with van der Waals surface area (Å²) in [5.41, 5.74) is 6.48. The maximum atomic E-state index is 12.2. The number of fused-ring (bicyclic) bond motifs is 1. The number of nitrogens with zero attached hydrogens (tertiary/aromatic N) is 5. The Morgan fingerprint density at radius 1 is 1.58 bits per heavy atom. The van der Waals surface area contributed by atoms with Crippen LogP contribution in [0.4, 0.5) is 0 Å². The molecule has 2 aromatic rings. The Morgan fingerprint density at radius 2 is 2.37 bits per heavy atom. The molecule has 8 heteroatoms. The van der Waals surface area contributed by atoms with Gasteiger partial charge in [-0.05, 0) is 0 Å². The zero-order chi connectivity index (χ0) is 13.8. The fourth-order valence-electron chi connectivity index (χ4n) is 1.64. The lowest BCUT2D eigenvalue weighted by Crippen LogP contribution is -2.30. The van der Waals surface area contributed by atoms with Gasteiger partial charge in [0.25, 0.3) is 5.91 Å². The Balaban J connectivity index is 2.15. The molecule has 0 bridgehead atoms. The first kappa shape index (κ1) is 12.8. The van der Waals surface area contributed by atoms with Gasteiger partial charge < -0.3 is 15.8 Å². The largest absolute Gasteiger partial charge is 0.409 e. The van der Waals surface area contributed by atoms with Crippen LogP contribution in [0.15, 0.2) is 29.9 Å². The Kier molecular flexibility index (Phi) is 3.60. The number of aromatic nitrogens is 3. The summed E-state index contributed by atoms with van der Waals surface area (Å²) in [6, 6.07) is 0. The van der Waals surface area contributed by atoms with Gasteiger partial charge in [-0.1, -0.05) is 5.16 Å². The van der Waals surface area contributed by atoms with Crippen molar-refractivity contribution in [1.82, 2.24) is 19.5 Å². The summed E-state index contributed by atoms with van der Waals surface area (Å²) in [6.07, 6.45) is 6.64. The van der Waals surface area contributed by atoms with Gasteiger partial charge in [0, 0.05) is 32.4 Å². The minimum absolute atomic E-state index is 0.0844. The predicted octanol–water partition coefficient (Wildman–Crippen LogP) is -0.0622. The summed E-state index contributed by atoms with van der Waals surface area (Å²) < 4.78 is 1.58. The number of rotatable bonds is 4. The first-order valence-corrected chi connectivity index (χ1v) is 5.62. The number of carbonyl (C=O) groups excluding carboxylic acids is 1. The fourth-order valence-corrected chi connectivity index (χ4v) is 1.64. The topological polar surface area (TPSA) is 109 Å². The molecule has 0 atom stereocenters. The van der Waals surface area contributed by atoms with E-state index in [9.17, 15) is 4.79 Å². The van der Waals surface area contributed by atoms with Crippen molar-refractivity contribution in [3.63, 3.8) is 0 Å². The van der Waals surface area contributed by atoms with Crippen molar-refractivity contribution in [2.45, 2.75) is 6.42 Å².